The van der Waals surface area contributed by atoms with Gasteiger partial charge in [-0.1, -0.05) is 18.3 Å². The first-order valence-corrected chi connectivity index (χ1v) is 12.5. The van der Waals surface area contributed by atoms with Crippen molar-refractivity contribution >= 4 is 51.1 Å². The maximum atomic E-state index is 12.5. The topological polar surface area (TPSA) is 90.2 Å². The van der Waals surface area contributed by atoms with Gasteiger partial charge in [-0.2, -0.15) is 4.99 Å². The van der Waals surface area contributed by atoms with Crippen LogP contribution in [0.15, 0.2) is 23.2 Å². The van der Waals surface area contributed by atoms with E-state index >= 15 is 0 Å². The molecule has 0 bridgehead atoms. The third-order valence-electron chi connectivity index (χ3n) is 5.30. The number of aromatic nitrogens is 1. The lowest BCUT2D eigenvalue weighted by molar-refractivity contribution is -0.130. The molecule has 32 heavy (non-hydrogen) atoms. The van der Waals surface area contributed by atoms with E-state index in [0.717, 1.165) is 36.1 Å². The van der Waals surface area contributed by atoms with Gasteiger partial charge in [0, 0.05) is 26.7 Å². The van der Waals surface area contributed by atoms with Crippen molar-refractivity contribution in [3.8, 4) is 0 Å². The normalized spacial score (nSPS) is 17.0. The molecule has 0 radical (unpaired) electrons. The maximum absolute atomic E-state index is 12.5. The third kappa shape index (κ3) is 6.20. The molecule has 0 N–H and O–H groups in total. The van der Waals surface area contributed by atoms with Crippen LogP contribution in [0.5, 0.6) is 0 Å². The largest absolute Gasteiger partial charge is 0.465 e. The van der Waals surface area contributed by atoms with Gasteiger partial charge >= 0.3 is 5.97 Å². The van der Waals surface area contributed by atoms with Gasteiger partial charge in [-0.3, -0.25) is 9.59 Å². The van der Waals surface area contributed by atoms with Gasteiger partial charge < -0.3 is 18.9 Å². The van der Waals surface area contributed by atoms with Crippen LogP contribution in [0, 0.1) is 5.92 Å². The molecule has 1 saturated heterocycles. The number of hydrogen-bond acceptors (Lipinski definition) is 7. The summed E-state index contributed by atoms with van der Waals surface area (Å²) in [5, 5.41) is 0. The molecule has 1 aromatic heterocycles. The fourth-order valence-corrected chi connectivity index (χ4v) is 5.48. The molecule has 1 atom stereocenters. The van der Waals surface area contributed by atoms with Crippen molar-refractivity contribution in [1.29, 1.82) is 0 Å². The molecule has 2 amide bonds. The second-order valence-corrected chi connectivity index (χ2v) is 9.78. The summed E-state index contributed by atoms with van der Waals surface area (Å²) >= 11 is 2.63. The SMILES string of the molecule is COCCn1c(=NC(=O)CSCC(=O)N2CCCC(C)C2)sc2cc(C(=O)OC)ccc21. The molecule has 0 saturated carbocycles. The van der Waals surface area contributed by atoms with Gasteiger partial charge in [-0.25, -0.2) is 4.79 Å². The van der Waals surface area contributed by atoms with E-state index in [4.69, 9.17) is 9.47 Å². The number of fused-ring (bicyclic) bond motifs is 1. The number of piperidine rings is 1. The van der Waals surface area contributed by atoms with Crippen molar-refractivity contribution in [3.05, 3.63) is 28.6 Å². The van der Waals surface area contributed by atoms with Crippen LogP contribution in [0.3, 0.4) is 0 Å². The van der Waals surface area contributed by atoms with Gasteiger partial charge in [0.25, 0.3) is 5.91 Å². The first-order valence-electron chi connectivity index (χ1n) is 10.6. The predicted octanol–water partition coefficient (Wildman–Crippen LogP) is 2.55. The predicted molar refractivity (Wildman–Crippen MR) is 126 cm³/mol. The molecule has 10 heteroatoms. The Kier molecular flexibility index (Phi) is 8.89. The van der Waals surface area contributed by atoms with Crippen LogP contribution in [-0.2, 0) is 25.6 Å². The number of esters is 1. The average Bonchev–Trinajstić information content (AvgIpc) is 3.12. The Labute approximate surface area is 195 Å². The van der Waals surface area contributed by atoms with Gasteiger partial charge in [0.1, 0.15) is 0 Å². The Morgan fingerprint density at radius 1 is 1.25 bits per heavy atom. The molecular formula is C22H29N3O5S2. The quantitative estimate of drug-likeness (QED) is 0.541. The summed E-state index contributed by atoms with van der Waals surface area (Å²) in [7, 11) is 2.95. The van der Waals surface area contributed by atoms with Crippen LogP contribution in [0.2, 0.25) is 0 Å². The molecule has 0 aliphatic carbocycles. The molecular weight excluding hydrogens is 450 g/mol. The minimum absolute atomic E-state index is 0.0849. The highest BCUT2D eigenvalue weighted by atomic mass is 32.2. The highest BCUT2D eigenvalue weighted by Crippen LogP contribution is 2.20. The maximum Gasteiger partial charge on any atom is 0.337 e. The van der Waals surface area contributed by atoms with Crippen molar-refractivity contribution in [2.24, 2.45) is 10.9 Å². The molecule has 1 aliphatic rings. The first-order chi connectivity index (χ1) is 15.4. The Bertz CT molecular complexity index is 1050. The van der Waals surface area contributed by atoms with Gasteiger partial charge in [0.15, 0.2) is 4.80 Å². The summed E-state index contributed by atoms with van der Waals surface area (Å²) in [5.74, 6) is 0.336. The summed E-state index contributed by atoms with van der Waals surface area (Å²) in [6.45, 7) is 4.75. The Balaban J connectivity index is 1.71. The van der Waals surface area contributed by atoms with E-state index in [1.807, 2.05) is 15.5 Å². The number of hydrogen-bond donors (Lipinski definition) is 0. The van der Waals surface area contributed by atoms with Crippen molar-refractivity contribution in [3.63, 3.8) is 0 Å². The minimum Gasteiger partial charge on any atom is -0.465 e. The number of carbonyl (C=O) groups excluding carboxylic acids is 3. The van der Waals surface area contributed by atoms with E-state index in [1.165, 1.54) is 30.2 Å². The zero-order valence-electron chi connectivity index (χ0n) is 18.7. The number of amides is 2. The number of carbonyl (C=O) groups is 3. The number of nitrogens with zero attached hydrogens (tertiary/aromatic N) is 3. The number of methoxy groups -OCH3 is 2. The highest BCUT2D eigenvalue weighted by molar-refractivity contribution is 8.00. The number of benzene rings is 1. The lowest BCUT2D eigenvalue weighted by Crippen LogP contribution is -2.40. The van der Waals surface area contributed by atoms with Crippen molar-refractivity contribution in [2.75, 3.05) is 45.4 Å². The third-order valence-corrected chi connectivity index (χ3v) is 7.25. The zero-order chi connectivity index (χ0) is 23.1. The minimum atomic E-state index is -0.414. The Hall–Kier alpha value is -2.17. The summed E-state index contributed by atoms with van der Waals surface area (Å²) in [6.07, 6.45) is 2.20. The van der Waals surface area contributed by atoms with Gasteiger partial charge in [0.2, 0.25) is 5.91 Å². The first kappa shape index (κ1) is 24.5. The van der Waals surface area contributed by atoms with E-state index in [2.05, 4.69) is 11.9 Å². The fraction of sp³-hybridized carbons (Fsp3) is 0.545. The lowest BCUT2D eigenvalue weighted by Gasteiger charge is -2.30. The van der Waals surface area contributed by atoms with Crippen LogP contribution >= 0.6 is 23.1 Å². The van der Waals surface area contributed by atoms with Crippen LogP contribution in [0.25, 0.3) is 10.2 Å². The number of thioether (sulfide) groups is 1. The lowest BCUT2D eigenvalue weighted by atomic mass is 10.0. The van der Waals surface area contributed by atoms with E-state index in [-0.39, 0.29) is 23.3 Å². The van der Waals surface area contributed by atoms with Gasteiger partial charge in [-0.05, 0) is 37.0 Å². The number of rotatable bonds is 8. The summed E-state index contributed by atoms with van der Waals surface area (Å²) < 4.78 is 12.7. The molecule has 2 heterocycles. The van der Waals surface area contributed by atoms with Crippen LogP contribution in [-0.4, -0.2) is 72.7 Å². The summed E-state index contributed by atoms with van der Waals surface area (Å²) in [5.41, 5.74) is 1.31. The molecule has 1 unspecified atom stereocenters. The van der Waals surface area contributed by atoms with Gasteiger partial charge in [0.05, 0.1) is 41.0 Å². The Morgan fingerprint density at radius 2 is 2.06 bits per heavy atom. The molecule has 0 spiro atoms. The number of likely N-dealkylation sites (tertiary alicyclic amines) is 1. The monoisotopic (exact) mass is 479 g/mol. The highest BCUT2D eigenvalue weighted by Gasteiger charge is 2.21. The average molecular weight is 480 g/mol. The van der Waals surface area contributed by atoms with E-state index in [9.17, 15) is 14.4 Å². The van der Waals surface area contributed by atoms with Crippen molar-refractivity contribution < 1.29 is 23.9 Å². The second-order valence-electron chi connectivity index (χ2n) is 7.79. The molecule has 174 valence electrons. The van der Waals surface area contributed by atoms with Crippen LogP contribution in [0.1, 0.15) is 30.1 Å². The van der Waals surface area contributed by atoms with Gasteiger partial charge in [-0.15, -0.1) is 11.8 Å². The van der Waals surface area contributed by atoms with Crippen LogP contribution < -0.4 is 4.80 Å². The summed E-state index contributed by atoms with van der Waals surface area (Å²) in [4.78, 5) is 43.5. The van der Waals surface area contributed by atoms with E-state index in [1.54, 1.807) is 19.2 Å². The standard InChI is InChI=1S/C22H29N3O5S2/c1-15-5-4-8-24(12-15)20(27)14-31-13-19(26)23-22-25(9-10-29-2)17-7-6-16(21(28)30-3)11-18(17)32-22/h6-7,11,15H,4-5,8-10,12-14H2,1-3H3. The Morgan fingerprint density at radius 3 is 2.78 bits per heavy atom. The smallest absolute Gasteiger partial charge is 0.337 e. The van der Waals surface area contributed by atoms with Crippen LogP contribution in [0.4, 0.5) is 0 Å². The second kappa shape index (κ2) is 11.6. The molecule has 1 aliphatic heterocycles. The van der Waals surface area contributed by atoms with E-state index < -0.39 is 5.97 Å². The van der Waals surface area contributed by atoms with Crippen molar-refractivity contribution in [1.82, 2.24) is 9.47 Å². The number of thiazole rings is 1. The van der Waals surface area contributed by atoms with Crippen molar-refractivity contribution in [2.45, 2.75) is 26.3 Å². The summed E-state index contributed by atoms with van der Waals surface area (Å²) in [6, 6.07) is 5.26. The fourth-order valence-electron chi connectivity index (χ4n) is 3.67. The van der Waals surface area contributed by atoms with E-state index in [0.29, 0.717) is 29.4 Å². The number of ether oxygens (including phenoxy) is 2. The zero-order valence-corrected chi connectivity index (χ0v) is 20.3. The molecule has 2 aromatic rings. The molecule has 8 nitrogen and oxygen atoms in total. The molecule has 3 rings (SSSR count). The molecule has 1 aromatic carbocycles. The molecule has 1 fully saturated rings.